The maximum atomic E-state index is 9.22. The second-order valence-corrected chi connectivity index (χ2v) is 5.34. The Morgan fingerprint density at radius 2 is 1.63 bits per heavy atom. The molecule has 0 saturated carbocycles. The highest BCUT2D eigenvalue weighted by atomic mass is 14.3. The van der Waals surface area contributed by atoms with Gasteiger partial charge in [-0.05, 0) is 29.5 Å². The van der Waals surface area contributed by atoms with Crippen LogP contribution in [0.15, 0.2) is 48.5 Å². The number of hydrogen-bond donors (Lipinski definition) is 0. The normalized spacial score (nSPS) is 12.2. The summed E-state index contributed by atoms with van der Waals surface area (Å²) in [6, 6.07) is 19.2. The SMILES string of the molecule is Cc1cccc(-c2ccc(C(C#N)C(C)C)cc2)c1. The highest BCUT2D eigenvalue weighted by Crippen LogP contribution is 2.27. The van der Waals surface area contributed by atoms with Crippen molar-refractivity contribution in [3.8, 4) is 17.2 Å². The molecule has 0 bridgehead atoms. The van der Waals surface area contributed by atoms with Gasteiger partial charge in [0.15, 0.2) is 0 Å². The molecule has 2 aromatic carbocycles. The molecule has 0 aliphatic rings. The van der Waals surface area contributed by atoms with E-state index in [2.05, 4.69) is 75.4 Å². The summed E-state index contributed by atoms with van der Waals surface area (Å²) in [4.78, 5) is 0. The highest BCUT2D eigenvalue weighted by molar-refractivity contribution is 5.64. The Hall–Kier alpha value is -2.07. The van der Waals surface area contributed by atoms with Crippen molar-refractivity contribution >= 4 is 0 Å². The minimum Gasteiger partial charge on any atom is -0.198 e. The van der Waals surface area contributed by atoms with Gasteiger partial charge in [-0.15, -0.1) is 0 Å². The van der Waals surface area contributed by atoms with Gasteiger partial charge in [-0.1, -0.05) is 67.9 Å². The van der Waals surface area contributed by atoms with Crippen molar-refractivity contribution in [2.75, 3.05) is 0 Å². The topological polar surface area (TPSA) is 23.8 Å². The summed E-state index contributed by atoms with van der Waals surface area (Å²) < 4.78 is 0. The van der Waals surface area contributed by atoms with E-state index in [4.69, 9.17) is 0 Å². The second kappa shape index (κ2) is 5.71. The Labute approximate surface area is 115 Å². The molecular weight excluding hydrogens is 230 g/mol. The third kappa shape index (κ3) is 3.03. The molecule has 96 valence electrons. The van der Waals surface area contributed by atoms with Crippen LogP contribution in [0.1, 0.15) is 30.9 Å². The first-order valence-electron chi connectivity index (χ1n) is 6.68. The molecule has 19 heavy (non-hydrogen) atoms. The molecule has 1 unspecified atom stereocenters. The Morgan fingerprint density at radius 1 is 0.947 bits per heavy atom. The fourth-order valence-corrected chi connectivity index (χ4v) is 2.32. The lowest BCUT2D eigenvalue weighted by atomic mass is 9.89. The molecule has 0 spiro atoms. The summed E-state index contributed by atoms with van der Waals surface area (Å²) in [5.74, 6) is 0.321. The van der Waals surface area contributed by atoms with E-state index in [0.717, 1.165) is 5.56 Å². The maximum Gasteiger partial charge on any atom is 0.0735 e. The first-order valence-corrected chi connectivity index (χ1v) is 6.68. The van der Waals surface area contributed by atoms with E-state index in [1.165, 1.54) is 16.7 Å². The lowest BCUT2D eigenvalue weighted by molar-refractivity contribution is 0.587. The minimum atomic E-state index is -0.0217. The number of hydrogen-bond acceptors (Lipinski definition) is 1. The van der Waals surface area contributed by atoms with Gasteiger partial charge in [0.25, 0.3) is 0 Å². The van der Waals surface area contributed by atoms with E-state index >= 15 is 0 Å². The maximum absolute atomic E-state index is 9.22. The van der Waals surface area contributed by atoms with Crippen LogP contribution >= 0.6 is 0 Å². The van der Waals surface area contributed by atoms with E-state index in [1.54, 1.807) is 0 Å². The lowest BCUT2D eigenvalue weighted by Crippen LogP contribution is -2.03. The summed E-state index contributed by atoms with van der Waals surface area (Å²) >= 11 is 0. The standard InChI is InChI=1S/C18H19N/c1-13(2)18(12-19)16-9-7-15(8-10-16)17-6-4-5-14(3)11-17/h4-11,13,18H,1-3H3. The number of benzene rings is 2. The van der Waals surface area contributed by atoms with Gasteiger partial charge in [-0.2, -0.15) is 5.26 Å². The smallest absolute Gasteiger partial charge is 0.0735 e. The van der Waals surface area contributed by atoms with Crippen LogP contribution < -0.4 is 0 Å². The van der Waals surface area contributed by atoms with Gasteiger partial charge >= 0.3 is 0 Å². The number of nitriles is 1. The first-order chi connectivity index (χ1) is 9.11. The molecule has 1 heteroatoms. The number of aryl methyl sites for hydroxylation is 1. The lowest BCUT2D eigenvalue weighted by Gasteiger charge is -2.13. The van der Waals surface area contributed by atoms with Gasteiger partial charge in [0.2, 0.25) is 0 Å². The van der Waals surface area contributed by atoms with Gasteiger partial charge in [0, 0.05) is 0 Å². The molecule has 0 radical (unpaired) electrons. The van der Waals surface area contributed by atoms with Gasteiger partial charge in [0.05, 0.1) is 12.0 Å². The largest absolute Gasteiger partial charge is 0.198 e. The summed E-state index contributed by atoms with van der Waals surface area (Å²) in [5.41, 5.74) is 4.80. The Bertz CT molecular complexity index is 588. The quantitative estimate of drug-likeness (QED) is 0.757. The molecule has 0 aliphatic carbocycles. The van der Waals surface area contributed by atoms with Crippen molar-refractivity contribution in [3.05, 3.63) is 59.7 Å². The summed E-state index contributed by atoms with van der Waals surface area (Å²) in [6.07, 6.45) is 0. The third-order valence-corrected chi connectivity index (χ3v) is 3.43. The van der Waals surface area contributed by atoms with Crippen molar-refractivity contribution in [2.24, 2.45) is 5.92 Å². The second-order valence-electron chi connectivity index (χ2n) is 5.34. The number of rotatable bonds is 3. The van der Waals surface area contributed by atoms with Crippen molar-refractivity contribution in [1.29, 1.82) is 5.26 Å². The van der Waals surface area contributed by atoms with Crippen LogP contribution in [0.2, 0.25) is 0 Å². The predicted octanol–water partition coefficient (Wildman–Crippen LogP) is 4.93. The van der Waals surface area contributed by atoms with E-state index in [9.17, 15) is 5.26 Å². The molecule has 0 heterocycles. The zero-order valence-corrected chi connectivity index (χ0v) is 11.7. The molecule has 0 fully saturated rings. The number of nitrogens with zero attached hydrogens (tertiary/aromatic N) is 1. The van der Waals surface area contributed by atoms with Crippen molar-refractivity contribution in [2.45, 2.75) is 26.7 Å². The van der Waals surface area contributed by atoms with Crippen molar-refractivity contribution in [3.63, 3.8) is 0 Å². The molecule has 2 aromatic rings. The Morgan fingerprint density at radius 3 is 2.16 bits per heavy atom. The van der Waals surface area contributed by atoms with Gasteiger partial charge in [0.1, 0.15) is 0 Å². The van der Waals surface area contributed by atoms with Crippen molar-refractivity contribution in [1.82, 2.24) is 0 Å². The molecule has 1 nitrogen and oxygen atoms in total. The van der Waals surface area contributed by atoms with Crippen molar-refractivity contribution < 1.29 is 0 Å². The fraction of sp³-hybridized carbons (Fsp3) is 0.278. The fourth-order valence-electron chi connectivity index (χ4n) is 2.32. The first kappa shape index (κ1) is 13.4. The van der Waals surface area contributed by atoms with Gasteiger partial charge in [-0.25, -0.2) is 0 Å². The van der Waals surface area contributed by atoms with Gasteiger partial charge in [-0.3, -0.25) is 0 Å². The average molecular weight is 249 g/mol. The summed E-state index contributed by atoms with van der Waals surface area (Å²) in [7, 11) is 0. The molecule has 1 atom stereocenters. The molecule has 0 aliphatic heterocycles. The van der Waals surface area contributed by atoms with Crippen LogP contribution in [0.4, 0.5) is 0 Å². The van der Waals surface area contributed by atoms with E-state index in [-0.39, 0.29) is 5.92 Å². The molecule has 0 saturated heterocycles. The van der Waals surface area contributed by atoms with Crippen LogP contribution in [0.3, 0.4) is 0 Å². The van der Waals surface area contributed by atoms with Gasteiger partial charge < -0.3 is 0 Å². The molecule has 2 rings (SSSR count). The van der Waals surface area contributed by atoms with E-state index in [0.29, 0.717) is 5.92 Å². The van der Waals surface area contributed by atoms with Crippen LogP contribution in [0.5, 0.6) is 0 Å². The zero-order chi connectivity index (χ0) is 13.8. The van der Waals surface area contributed by atoms with E-state index in [1.807, 2.05) is 0 Å². The average Bonchev–Trinajstić information content (AvgIpc) is 2.40. The summed E-state index contributed by atoms with van der Waals surface area (Å²) in [5, 5.41) is 9.22. The minimum absolute atomic E-state index is 0.0217. The molecule has 0 aromatic heterocycles. The van der Waals surface area contributed by atoms with Crippen LogP contribution in [-0.2, 0) is 0 Å². The van der Waals surface area contributed by atoms with Crippen LogP contribution in [-0.4, -0.2) is 0 Å². The van der Waals surface area contributed by atoms with Crippen LogP contribution in [0.25, 0.3) is 11.1 Å². The molecule has 0 amide bonds. The highest BCUT2D eigenvalue weighted by Gasteiger charge is 2.14. The monoisotopic (exact) mass is 249 g/mol. The molecular formula is C18H19N. The summed E-state index contributed by atoms with van der Waals surface area (Å²) in [6.45, 7) is 6.27. The zero-order valence-electron chi connectivity index (χ0n) is 11.7. The third-order valence-electron chi connectivity index (χ3n) is 3.43. The predicted molar refractivity (Wildman–Crippen MR) is 79.8 cm³/mol. The Balaban J connectivity index is 2.31. The Kier molecular flexibility index (Phi) is 4.02. The molecule has 0 N–H and O–H groups in total. The van der Waals surface area contributed by atoms with E-state index < -0.39 is 0 Å². The van der Waals surface area contributed by atoms with Crippen LogP contribution in [0, 0.1) is 24.2 Å².